The van der Waals surface area contributed by atoms with Crippen molar-refractivity contribution in [2.24, 2.45) is 0 Å². The Morgan fingerprint density at radius 2 is 2.16 bits per heavy atom. The van der Waals surface area contributed by atoms with Gasteiger partial charge in [-0.15, -0.1) is 0 Å². The predicted molar refractivity (Wildman–Crippen MR) is 91.5 cm³/mol. The number of esters is 1. The SMILES string of the molecule is CCOC(=O)CNC(=O)C1CCC(=O)N1Cc1c[nH]c2ccccc12. The summed E-state index contributed by atoms with van der Waals surface area (Å²) in [5.41, 5.74) is 1.96. The van der Waals surface area contributed by atoms with E-state index in [-0.39, 0.29) is 25.0 Å². The van der Waals surface area contributed by atoms with Crippen molar-refractivity contribution in [2.45, 2.75) is 32.4 Å². The van der Waals surface area contributed by atoms with Crippen LogP contribution in [-0.2, 0) is 25.7 Å². The van der Waals surface area contributed by atoms with Gasteiger partial charge in [0.1, 0.15) is 12.6 Å². The zero-order valence-corrected chi connectivity index (χ0v) is 14.1. The average Bonchev–Trinajstić information content (AvgIpc) is 3.18. The molecule has 1 aliphatic rings. The monoisotopic (exact) mass is 343 g/mol. The van der Waals surface area contributed by atoms with Crippen LogP contribution < -0.4 is 5.32 Å². The topological polar surface area (TPSA) is 91.5 Å². The molecule has 1 atom stereocenters. The number of amides is 2. The number of ether oxygens (including phenoxy) is 1. The van der Waals surface area contributed by atoms with E-state index in [2.05, 4.69) is 10.3 Å². The van der Waals surface area contributed by atoms with Crippen LogP contribution >= 0.6 is 0 Å². The van der Waals surface area contributed by atoms with Crippen molar-refractivity contribution < 1.29 is 19.1 Å². The summed E-state index contributed by atoms with van der Waals surface area (Å²) in [7, 11) is 0. The fourth-order valence-corrected chi connectivity index (χ4v) is 3.14. The summed E-state index contributed by atoms with van der Waals surface area (Å²) >= 11 is 0. The Balaban J connectivity index is 1.69. The lowest BCUT2D eigenvalue weighted by Gasteiger charge is -2.23. The quantitative estimate of drug-likeness (QED) is 0.774. The summed E-state index contributed by atoms with van der Waals surface area (Å²) in [5.74, 6) is -0.858. The van der Waals surface area contributed by atoms with E-state index in [1.54, 1.807) is 11.8 Å². The van der Waals surface area contributed by atoms with E-state index in [1.165, 1.54) is 0 Å². The predicted octanol–water partition coefficient (Wildman–Crippen LogP) is 1.34. The minimum Gasteiger partial charge on any atom is -0.465 e. The number of aromatic amines is 1. The summed E-state index contributed by atoms with van der Waals surface area (Å²) in [5, 5.41) is 3.60. The van der Waals surface area contributed by atoms with Gasteiger partial charge in [-0.05, 0) is 25.0 Å². The van der Waals surface area contributed by atoms with E-state index in [1.807, 2.05) is 30.5 Å². The summed E-state index contributed by atoms with van der Waals surface area (Å²) in [6.07, 6.45) is 2.65. The van der Waals surface area contributed by atoms with Gasteiger partial charge in [0, 0.05) is 30.1 Å². The molecule has 3 rings (SSSR count). The average molecular weight is 343 g/mol. The van der Waals surface area contributed by atoms with E-state index in [9.17, 15) is 14.4 Å². The summed E-state index contributed by atoms with van der Waals surface area (Å²) < 4.78 is 4.80. The van der Waals surface area contributed by atoms with E-state index in [4.69, 9.17) is 4.74 Å². The van der Waals surface area contributed by atoms with Crippen LogP contribution in [0.3, 0.4) is 0 Å². The normalized spacial score (nSPS) is 17.1. The molecular weight excluding hydrogens is 322 g/mol. The molecule has 1 aliphatic heterocycles. The molecule has 1 saturated heterocycles. The molecule has 1 aromatic heterocycles. The number of aromatic nitrogens is 1. The first kappa shape index (κ1) is 17.0. The first-order valence-electron chi connectivity index (χ1n) is 8.38. The van der Waals surface area contributed by atoms with Crippen LogP contribution in [0.5, 0.6) is 0 Å². The molecule has 132 valence electrons. The highest BCUT2D eigenvalue weighted by atomic mass is 16.5. The van der Waals surface area contributed by atoms with E-state index in [0.717, 1.165) is 16.5 Å². The lowest BCUT2D eigenvalue weighted by molar-refractivity contribution is -0.144. The van der Waals surface area contributed by atoms with Crippen molar-refractivity contribution in [1.29, 1.82) is 0 Å². The van der Waals surface area contributed by atoms with Gasteiger partial charge >= 0.3 is 5.97 Å². The van der Waals surface area contributed by atoms with E-state index < -0.39 is 12.0 Å². The first-order valence-corrected chi connectivity index (χ1v) is 8.38. The Morgan fingerprint density at radius 1 is 1.36 bits per heavy atom. The van der Waals surface area contributed by atoms with Gasteiger partial charge in [-0.2, -0.15) is 0 Å². The molecule has 2 amide bonds. The molecule has 1 unspecified atom stereocenters. The molecule has 0 radical (unpaired) electrons. The number of fused-ring (bicyclic) bond motifs is 1. The minimum atomic E-state index is -0.560. The van der Waals surface area contributed by atoms with E-state index in [0.29, 0.717) is 19.4 Å². The third-order valence-electron chi connectivity index (χ3n) is 4.36. The maximum atomic E-state index is 12.4. The van der Waals surface area contributed by atoms with Crippen LogP contribution in [0.2, 0.25) is 0 Å². The van der Waals surface area contributed by atoms with Crippen LogP contribution in [0.1, 0.15) is 25.3 Å². The highest BCUT2D eigenvalue weighted by Gasteiger charge is 2.36. The number of carbonyl (C=O) groups is 3. The third-order valence-corrected chi connectivity index (χ3v) is 4.36. The van der Waals surface area contributed by atoms with Crippen molar-refractivity contribution in [2.75, 3.05) is 13.2 Å². The molecule has 0 bridgehead atoms. The van der Waals surface area contributed by atoms with Crippen LogP contribution in [0.4, 0.5) is 0 Å². The molecule has 0 spiro atoms. The second-order valence-corrected chi connectivity index (χ2v) is 5.96. The second kappa shape index (κ2) is 7.38. The number of para-hydroxylation sites is 1. The lowest BCUT2D eigenvalue weighted by atomic mass is 10.1. The summed E-state index contributed by atoms with van der Waals surface area (Å²) in [6, 6.07) is 7.27. The molecule has 7 heteroatoms. The third kappa shape index (κ3) is 3.65. The van der Waals surface area contributed by atoms with Crippen LogP contribution in [0, 0.1) is 0 Å². The number of hydrogen-bond donors (Lipinski definition) is 2. The van der Waals surface area contributed by atoms with Crippen molar-refractivity contribution >= 4 is 28.7 Å². The number of nitrogens with one attached hydrogen (secondary N) is 2. The van der Waals surface area contributed by atoms with Crippen LogP contribution in [0.25, 0.3) is 10.9 Å². The molecule has 1 fully saturated rings. The zero-order chi connectivity index (χ0) is 17.8. The molecule has 25 heavy (non-hydrogen) atoms. The fourth-order valence-electron chi connectivity index (χ4n) is 3.14. The van der Waals surface area contributed by atoms with Crippen molar-refractivity contribution in [3.63, 3.8) is 0 Å². The van der Waals surface area contributed by atoms with Crippen molar-refractivity contribution in [3.8, 4) is 0 Å². The van der Waals surface area contributed by atoms with Crippen LogP contribution in [0.15, 0.2) is 30.5 Å². The largest absolute Gasteiger partial charge is 0.465 e. The van der Waals surface area contributed by atoms with Crippen molar-refractivity contribution in [3.05, 3.63) is 36.0 Å². The number of carbonyl (C=O) groups excluding carboxylic acids is 3. The molecule has 2 heterocycles. The number of H-pyrrole nitrogens is 1. The Kier molecular flexibility index (Phi) is 5.02. The summed E-state index contributed by atoms with van der Waals surface area (Å²) in [4.78, 5) is 40.8. The standard InChI is InChI=1S/C18H21N3O4/c1-2-25-17(23)10-20-18(24)15-7-8-16(22)21(15)11-12-9-19-14-6-4-3-5-13(12)14/h3-6,9,15,19H,2,7-8,10-11H2,1H3,(H,20,24). The molecule has 0 saturated carbocycles. The van der Waals surface area contributed by atoms with Gasteiger partial charge in [0.25, 0.3) is 0 Å². The number of rotatable bonds is 6. The molecule has 7 nitrogen and oxygen atoms in total. The molecule has 2 N–H and O–H groups in total. The Morgan fingerprint density at radius 3 is 2.96 bits per heavy atom. The highest BCUT2D eigenvalue weighted by molar-refractivity contribution is 5.92. The zero-order valence-electron chi connectivity index (χ0n) is 14.1. The number of hydrogen-bond acceptors (Lipinski definition) is 4. The van der Waals surface area contributed by atoms with Gasteiger partial charge in [-0.3, -0.25) is 14.4 Å². The minimum absolute atomic E-state index is 0.0541. The summed E-state index contributed by atoms with van der Waals surface area (Å²) in [6.45, 7) is 2.15. The van der Waals surface area contributed by atoms with E-state index >= 15 is 0 Å². The number of likely N-dealkylation sites (tertiary alicyclic amines) is 1. The number of nitrogens with zero attached hydrogens (tertiary/aromatic N) is 1. The maximum Gasteiger partial charge on any atom is 0.325 e. The number of benzene rings is 1. The Labute approximate surface area is 145 Å². The van der Waals surface area contributed by atoms with Gasteiger partial charge in [-0.1, -0.05) is 18.2 Å². The van der Waals surface area contributed by atoms with Gasteiger partial charge in [0.05, 0.1) is 6.61 Å². The smallest absolute Gasteiger partial charge is 0.325 e. The second-order valence-electron chi connectivity index (χ2n) is 5.96. The van der Waals surface area contributed by atoms with Gasteiger partial charge in [0.2, 0.25) is 11.8 Å². The van der Waals surface area contributed by atoms with Crippen LogP contribution in [-0.4, -0.2) is 46.9 Å². The lowest BCUT2D eigenvalue weighted by Crippen LogP contribution is -2.45. The van der Waals surface area contributed by atoms with Crippen molar-refractivity contribution in [1.82, 2.24) is 15.2 Å². The Bertz CT molecular complexity index is 798. The maximum absolute atomic E-state index is 12.4. The first-order chi connectivity index (χ1) is 12.1. The van der Waals surface area contributed by atoms with Gasteiger partial charge in [-0.25, -0.2) is 0 Å². The molecule has 1 aromatic carbocycles. The Hall–Kier alpha value is -2.83. The highest BCUT2D eigenvalue weighted by Crippen LogP contribution is 2.25. The molecule has 0 aliphatic carbocycles. The molecular formula is C18H21N3O4. The van der Waals surface area contributed by atoms with Gasteiger partial charge < -0.3 is 19.9 Å². The molecule has 2 aromatic rings. The van der Waals surface area contributed by atoms with Gasteiger partial charge in [0.15, 0.2) is 0 Å². The fraction of sp³-hybridized carbons (Fsp3) is 0.389.